The zero-order valence-electron chi connectivity index (χ0n) is 17.4. The zero-order valence-corrected chi connectivity index (χ0v) is 17.4. The Morgan fingerprint density at radius 3 is 2.33 bits per heavy atom. The van der Waals surface area contributed by atoms with Crippen LogP contribution in [0.4, 0.5) is 4.79 Å². The minimum absolute atomic E-state index is 0.0626. The van der Waals surface area contributed by atoms with Gasteiger partial charge in [-0.05, 0) is 26.3 Å². The van der Waals surface area contributed by atoms with Gasteiger partial charge in [0.25, 0.3) is 0 Å². The van der Waals surface area contributed by atoms with Crippen molar-refractivity contribution in [2.45, 2.75) is 51.5 Å². The molecule has 7 nitrogen and oxygen atoms in total. The van der Waals surface area contributed by atoms with E-state index in [1.54, 1.807) is 45.1 Å². The molecule has 1 amide bonds. The molecule has 160 valence electrons. The van der Waals surface area contributed by atoms with Crippen molar-refractivity contribution in [3.63, 3.8) is 0 Å². The van der Waals surface area contributed by atoms with Crippen LogP contribution < -0.4 is 0 Å². The van der Waals surface area contributed by atoms with Crippen LogP contribution in [0.15, 0.2) is 54.6 Å². The Morgan fingerprint density at radius 2 is 1.70 bits per heavy atom. The molecule has 1 saturated heterocycles. The van der Waals surface area contributed by atoms with E-state index >= 15 is 0 Å². The Kier molecular flexibility index (Phi) is 6.59. The van der Waals surface area contributed by atoms with E-state index in [1.807, 2.05) is 30.3 Å². The molecule has 1 aromatic carbocycles. The van der Waals surface area contributed by atoms with Crippen molar-refractivity contribution in [2.75, 3.05) is 6.54 Å². The van der Waals surface area contributed by atoms with Crippen LogP contribution >= 0.6 is 0 Å². The predicted molar refractivity (Wildman–Crippen MR) is 109 cm³/mol. The first-order valence-electron chi connectivity index (χ1n) is 10.0. The molecule has 0 radical (unpaired) electrons. The van der Waals surface area contributed by atoms with Crippen molar-refractivity contribution in [3.05, 3.63) is 60.2 Å². The van der Waals surface area contributed by atoms with Crippen LogP contribution in [0, 0.1) is 5.92 Å². The van der Waals surface area contributed by atoms with E-state index in [0.717, 1.165) is 5.56 Å². The average Bonchev–Trinajstić information content (AvgIpc) is 3.36. The lowest BCUT2D eigenvalue weighted by Gasteiger charge is -2.29. The summed E-state index contributed by atoms with van der Waals surface area (Å²) < 4.78 is 16.5. The highest BCUT2D eigenvalue weighted by Gasteiger charge is 2.47. The van der Waals surface area contributed by atoms with Crippen LogP contribution in [0.2, 0.25) is 0 Å². The molecule has 1 aromatic rings. The molecule has 1 fully saturated rings. The van der Waals surface area contributed by atoms with Crippen LogP contribution in [0.3, 0.4) is 0 Å². The fourth-order valence-electron chi connectivity index (χ4n) is 3.32. The lowest BCUT2D eigenvalue weighted by atomic mass is 10.1. The number of hydrogen-bond acceptors (Lipinski definition) is 6. The summed E-state index contributed by atoms with van der Waals surface area (Å²) in [4.78, 5) is 39.3. The van der Waals surface area contributed by atoms with E-state index in [0.29, 0.717) is 6.42 Å². The Morgan fingerprint density at radius 1 is 1.03 bits per heavy atom. The lowest BCUT2D eigenvalue weighted by molar-refractivity contribution is -0.161. The molecule has 1 aliphatic heterocycles. The molecule has 0 N–H and O–H groups in total. The summed E-state index contributed by atoms with van der Waals surface area (Å²) in [5.41, 5.74) is 0.103. The monoisotopic (exact) mass is 413 g/mol. The van der Waals surface area contributed by atoms with Crippen molar-refractivity contribution >= 4 is 18.0 Å². The van der Waals surface area contributed by atoms with E-state index in [9.17, 15) is 14.4 Å². The normalized spacial score (nSPS) is 21.0. The highest BCUT2D eigenvalue weighted by atomic mass is 16.6. The Hall–Kier alpha value is -3.09. The van der Waals surface area contributed by atoms with Crippen molar-refractivity contribution in [2.24, 2.45) is 5.92 Å². The SMILES string of the molecule is CC(C)(C)OC(=O)N1CC[C@H](OC(=O)C2C=CC=C2)[C@H]1C(=O)OCc1ccccc1. The molecule has 0 spiro atoms. The van der Waals surface area contributed by atoms with E-state index in [2.05, 4.69) is 0 Å². The number of rotatable bonds is 5. The highest BCUT2D eigenvalue weighted by Crippen LogP contribution is 2.27. The van der Waals surface area contributed by atoms with E-state index < -0.39 is 41.7 Å². The third kappa shape index (κ3) is 5.49. The maximum Gasteiger partial charge on any atom is 0.411 e. The van der Waals surface area contributed by atoms with Crippen molar-refractivity contribution in [1.29, 1.82) is 0 Å². The second kappa shape index (κ2) is 9.15. The molecule has 30 heavy (non-hydrogen) atoms. The Bertz CT molecular complexity index is 827. The van der Waals surface area contributed by atoms with Gasteiger partial charge in [0.2, 0.25) is 0 Å². The smallest absolute Gasteiger partial charge is 0.411 e. The van der Waals surface area contributed by atoms with Gasteiger partial charge >= 0.3 is 18.0 Å². The fraction of sp³-hybridized carbons (Fsp3) is 0.435. The largest absolute Gasteiger partial charge is 0.459 e. The molecule has 2 aliphatic rings. The number of nitrogens with zero attached hydrogens (tertiary/aromatic N) is 1. The first-order valence-corrected chi connectivity index (χ1v) is 10.0. The molecule has 0 aromatic heterocycles. The van der Waals surface area contributed by atoms with E-state index in [1.165, 1.54) is 4.90 Å². The molecule has 2 atom stereocenters. The van der Waals surface area contributed by atoms with Crippen LogP contribution in [0.1, 0.15) is 32.8 Å². The van der Waals surface area contributed by atoms with Gasteiger partial charge in [-0.25, -0.2) is 9.59 Å². The molecular weight excluding hydrogens is 386 g/mol. The number of ether oxygens (including phenoxy) is 3. The van der Waals surface area contributed by atoms with Crippen LogP contribution in [0.25, 0.3) is 0 Å². The number of carbonyl (C=O) groups is 3. The third-order valence-corrected chi connectivity index (χ3v) is 4.72. The minimum atomic E-state index is -1.05. The first-order chi connectivity index (χ1) is 14.2. The summed E-state index contributed by atoms with van der Waals surface area (Å²) >= 11 is 0. The molecule has 0 bridgehead atoms. The van der Waals surface area contributed by atoms with Crippen molar-refractivity contribution in [3.8, 4) is 0 Å². The number of hydrogen-bond donors (Lipinski definition) is 0. The number of likely N-dealkylation sites (tertiary alicyclic amines) is 1. The Balaban J connectivity index is 1.73. The molecule has 0 unspecified atom stereocenters. The van der Waals surface area contributed by atoms with Crippen LogP contribution in [-0.2, 0) is 30.4 Å². The predicted octanol–water partition coefficient (Wildman–Crippen LogP) is 3.39. The topological polar surface area (TPSA) is 82.1 Å². The number of esters is 2. The maximum absolute atomic E-state index is 12.9. The van der Waals surface area contributed by atoms with Gasteiger partial charge in [-0.15, -0.1) is 0 Å². The standard InChI is InChI=1S/C23H27NO6/c1-23(2,3)30-22(27)24-14-13-18(29-20(25)17-11-7-8-12-17)19(24)21(26)28-15-16-9-5-4-6-10-16/h4-12,17-19H,13-15H2,1-3H3/t18-,19-/m0/s1. The summed E-state index contributed by atoms with van der Waals surface area (Å²) in [6, 6.07) is 8.18. The van der Waals surface area contributed by atoms with Gasteiger partial charge in [0.1, 0.15) is 18.3 Å². The quantitative estimate of drug-likeness (QED) is 0.544. The highest BCUT2D eigenvalue weighted by molar-refractivity contribution is 5.84. The number of allylic oxidation sites excluding steroid dienone is 2. The molecule has 0 saturated carbocycles. The van der Waals surface area contributed by atoms with Crippen molar-refractivity contribution in [1.82, 2.24) is 4.90 Å². The van der Waals surface area contributed by atoms with Gasteiger partial charge in [0.05, 0.1) is 5.92 Å². The van der Waals surface area contributed by atoms with Gasteiger partial charge in [-0.3, -0.25) is 9.69 Å². The fourth-order valence-corrected chi connectivity index (χ4v) is 3.32. The summed E-state index contributed by atoms with van der Waals surface area (Å²) in [6.45, 7) is 5.54. The molecule has 1 aliphatic carbocycles. The average molecular weight is 413 g/mol. The number of benzene rings is 1. The lowest BCUT2D eigenvalue weighted by Crippen LogP contribution is -2.48. The van der Waals surface area contributed by atoms with Gasteiger partial charge in [-0.1, -0.05) is 54.6 Å². The molecule has 7 heteroatoms. The van der Waals surface area contributed by atoms with E-state index in [4.69, 9.17) is 14.2 Å². The summed E-state index contributed by atoms with van der Waals surface area (Å²) in [5.74, 6) is -1.57. The summed E-state index contributed by atoms with van der Waals surface area (Å²) in [7, 11) is 0. The summed E-state index contributed by atoms with van der Waals surface area (Å²) in [6.07, 6.45) is 5.85. The number of carbonyl (C=O) groups excluding carboxylic acids is 3. The van der Waals surface area contributed by atoms with Crippen LogP contribution in [-0.4, -0.2) is 47.2 Å². The second-order valence-electron chi connectivity index (χ2n) is 8.27. The van der Waals surface area contributed by atoms with Gasteiger partial charge < -0.3 is 14.2 Å². The van der Waals surface area contributed by atoms with Crippen molar-refractivity contribution < 1.29 is 28.6 Å². The molecule has 3 rings (SSSR count). The Labute approximate surface area is 176 Å². The zero-order chi connectivity index (χ0) is 21.7. The summed E-state index contributed by atoms with van der Waals surface area (Å²) in [5, 5.41) is 0. The number of amides is 1. The molecule has 1 heterocycles. The van der Waals surface area contributed by atoms with Gasteiger partial charge in [0.15, 0.2) is 6.04 Å². The third-order valence-electron chi connectivity index (χ3n) is 4.72. The second-order valence-corrected chi connectivity index (χ2v) is 8.27. The van der Waals surface area contributed by atoms with Gasteiger partial charge in [0, 0.05) is 13.0 Å². The van der Waals surface area contributed by atoms with Gasteiger partial charge in [-0.2, -0.15) is 0 Å². The molecular formula is C23H27NO6. The first kappa shape index (κ1) is 21.6. The van der Waals surface area contributed by atoms with Crippen LogP contribution in [0.5, 0.6) is 0 Å². The minimum Gasteiger partial charge on any atom is -0.459 e. The maximum atomic E-state index is 12.9. The van der Waals surface area contributed by atoms with E-state index in [-0.39, 0.29) is 13.2 Å².